The van der Waals surface area contributed by atoms with E-state index >= 15 is 0 Å². The number of hydrogen-bond acceptors (Lipinski definition) is 3. The Morgan fingerprint density at radius 1 is 1.55 bits per heavy atom. The minimum atomic E-state index is -0.877. The molecule has 0 aliphatic carbocycles. The second-order valence-electron chi connectivity index (χ2n) is 4.83. The molecule has 2 rings (SSSR count). The van der Waals surface area contributed by atoms with Gasteiger partial charge in [-0.3, -0.25) is 9.69 Å². The minimum Gasteiger partial charge on any atom is -0.481 e. The van der Waals surface area contributed by atoms with Crippen molar-refractivity contribution in [3.8, 4) is 0 Å². The van der Waals surface area contributed by atoms with E-state index in [2.05, 4.69) is 0 Å². The zero-order valence-corrected chi connectivity index (χ0v) is 11.9. The number of aliphatic carboxylic acids is 1. The van der Waals surface area contributed by atoms with Crippen molar-refractivity contribution in [2.75, 3.05) is 19.8 Å². The number of hydrogen-bond donors (Lipinski definition) is 1. The first-order valence-corrected chi connectivity index (χ1v) is 6.89. The molecule has 1 aromatic rings. The van der Waals surface area contributed by atoms with Gasteiger partial charge in [0.25, 0.3) is 0 Å². The fourth-order valence-electron chi connectivity index (χ4n) is 2.49. The van der Waals surface area contributed by atoms with E-state index in [1.54, 1.807) is 12.1 Å². The molecule has 1 saturated heterocycles. The quantitative estimate of drug-likeness (QED) is 0.907. The lowest BCUT2D eigenvalue weighted by atomic mass is 10.0. The van der Waals surface area contributed by atoms with E-state index in [0.717, 1.165) is 0 Å². The Bertz CT molecular complexity index is 497. The Labute approximate surface area is 122 Å². The number of carboxylic acid groups (broad SMARTS) is 1. The van der Waals surface area contributed by atoms with E-state index in [9.17, 15) is 14.3 Å². The smallest absolute Gasteiger partial charge is 0.310 e. The summed E-state index contributed by atoms with van der Waals surface area (Å²) in [6.07, 6.45) is 0. The third-order valence-corrected chi connectivity index (χ3v) is 3.94. The van der Waals surface area contributed by atoms with Gasteiger partial charge in [0.15, 0.2) is 0 Å². The van der Waals surface area contributed by atoms with Gasteiger partial charge in [0, 0.05) is 18.2 Å². The summed E-state index contributed by atoms with van der Waals surface area (Å²) in [5.74, 6) is -1.90. The van der Waals surface area contributed by atoms with Crippen LogP contribution in [-0.2, 0) is 16.1 Å². The van der Waals surface area contributed by atoms with Gasteiger partial charge < -0.3 is 9.84 Å². The highest BCUT2D eigenvalue weighted by Crippen LogP contribution is 2.24. The second-order valence-corrected chi connectivity index (χ2v) is 5.23. The molecule has 2 atom stereocenters. The number of benzene rings is 1. The molecule has 0 bridgehead atoms. The molecule has 1 aliphatic heterocycles. The van der Waals surface area contributed by atoms with E-state index in [1.807, 2.05) is 11.8 Å². The van der Waals surface area contributed by atoms with Crippen molar-refractivity contribution in [3.63, 3.8) is 0 Å². The molecule has 0 aromatic heterocycles. The molecule has 0 amide bonds. The number of halogens is 2. The first-order valence-electron chi connectivity index (χ1n) is 6.52. The molecule has 1 heterocycles. The van der Waals surface area contributed by atoms with Gasteiger partial charge in [0.1, 0.15) is 5.82 Å². The van der Waals surface area contributed by atoms with Crippen LogP contribution in [0.15, 0.2) is 18.2 Å². The Balaban J connectivity index is 2.16. The van der Waals surface area contributed by atoms with Crippen LogP contribution in [0.25, 0.3) is 0 Å². The standard InChI is InChI=1S/C14H17ClFNO3/c1-2-17(12-8-20-7-10(12)14(18)19)6-9-4-3-5-11(15)13(9)16/h3-5,10,12H,2,6-8H2,1H3,(H,18,19). The number of likely N-dealkylation sites (N-methyl/N-ethyl adjacent to an activating group) is 1. The number of rotatable bonds is 5. The zero-order valence-electron chi connectivity index (χ0n) is 11.2. The maximum atomic E-state index is 13.9. The topological polar surface area (TPSA) is 49.8 Å². The molecule has 4 nitrogen and oxygen atoms in total. The molecule has 2 unspecified atom stereocenters. The Morgan fingerprint density at radius 2 is 2.30 bits per heavy atom. The SMILES string of the molecule is CCN(Cc1cccc(Cl)c1F)C1COCC1C(=O)O. The van der Waals surface area contributed by atoms with Gasteiger partial charge in [-0.1, -0.05) is 30.7 Å². The molecule has 0 saturated carbocycles. The first-order chi connectivity index (χ1) is 9.54. The summed E-state index contributed by atoms with van der Waals surface area (Å²) in [6.45, 7) is 3.41. The molecule has 1 aliphatic rings. The third-order valence-electron chi connectivity index (χ3n) is 3.65. The number of ether oxygens (including phenoxy) is 1. The molecule has 1 fully saturated rings. The van der Waals surface area contributed by atoms with Crippen molar-refractivity contribution in [3.05, 3.63) is 34.6 Å². The molecule has 0 radical (unpaired) electrons. The lowest BCUT2D eigenvalue weighted by molar-refractivity contribution is -0.143. The molecular weight excluding hydrogens is 285 g/mol. The lowest BCUT2D eigenvalue weighted by Crippen LogP contribution is -2.42. The molecule has 20 heavy (non-hydrogen) atoms. The van der Waals surface area contributed by atoms with Gasteiger partial charge >= 0.3 is 5.97 Å². The number of carbonyl (C=O) groups is 1. The molecule has 6 heteroatoms. The summed E-state index contributed by atoms with van der Waals surface area (Å²) in [4.78, 5) is 13.1. The Morgan fingerprint density at radius 3 is 2.95 bits per heavy atom. The monoisotopic (exact) mass is 301 g/mol. The summed E-state index contributed by atoms with van der Waals surface area (Å²) < 4.78 is 19.2. The molecule has 0 spiro atoms. The van der Waals surface area contributed by atoms with E-state index in [0.29, 0.717) is 25.3 Å². The van der Waals surface area contributed by atoms with E-state index in [1.165, 1.54) is 6.07 Å². The number of carboxylic acids is 1. The number of nitrogens with zero attached hydrogens (tertiary/aromatic N) is 1. The maximum absolute atomic E-state index is 13.9. The van der Waals surface area contributed by atoms with Crippen LogP contribution in [0.4, 0.5) is 4.39 Å². The molecular formula is C14H17ClFNO3. The predicted molar refractivity (Wildman–Crippen MR) is 73.2 cm³/mol. The van der Waals surface area contributed by atoms with Crippen molar-refractivity contribution in [2.45, 2.75) is 19.5 Å². The lowest BCUT2D eigenvalue weighted by Gasteiger charge is -2.29. The van der Waals surface area contributed by atoms with Crippen molar-refractivity contribution >= 4 is 17.6 Å². The molecule has 110 valence electrons. The van der Waals surface area contributed by atoms with Crippen LogP contribution in [-0.4, -0.2) is 41.8 Å². The van der Waals surface area contributed by atoms with Crippen molar-refractivity contribution < 1.29 is 19.0 Å². The van der Waals surface area contributed by atoms with Crippen LogP contribution in [0.3, 0.4) is 0 Å². The van der Waals surface area contributed by atoms with Gasteiger partial charge in [-0.2, -0.15) is 0 Å². The summed E-state index contributed by atoms with van der Waals surface area (Å²) in [6, 6.07) is 4.61. The zero-order chi connectivity index (χ0) is 14.7. The Hall–Kier alpha value is -1.17. The fourth-order valence-corrected chi connectivity index (χ4v) is 2.69. The molecule has 1 aromatic carbocycles. The summed E-state index contributed by atoms with van der Waals surface area (Å²) in [7, 11) is 0. The summed E-state index contributed by atoms with van der Waals surface area (Å²) in [5.41, 5.74) is 0.468. The van der Waals surface area contributed by atoms with Crippen molar-refractivity contribution in [1.82, 2.24) is 4.90 Å². The average Bonchev–Trinajstić information content (AvgIpc) is 2.90. The van der Waals surface area contributed by atoms with Crippen LogP contribution in [0, 0.1) is 11.7 Å². The Kier molecular flexibility index (Phi) is 4.96. The van der Waals surface area contributed by atoms with Gasteiger partial charge in [-0.15, -0.1) is 0 Å². The van der Waals surface area contributed by atoms with E-state index < -0.39 is 17.7 Å². The predicted octanol–water partition coefficient (Wildman–Crippen LogP) is 2.40. The highest BCUT2D eigenvalue weighted by Gasteiger charge is 2.37. The van der Waals surface area contributed by atoms with Crippen molar-refractivity contribution in [1.29, 1.82) is 0 Å². The van der Waals surface area contributed by atoms with Crippen LogP contribution in [0.1, 0.15) is 12.5 Å². The van der Waals surface area contributed by atoms with Crippen molar-refractivity contribution in [2.24, 2.45) is 5.92 Å². The summed E-state index contributed by atoms with van der Waals surface area (Å²) in [5, 5.41) is 9.27. The van der Waals surface area contributed by atoms with Gasteiger partial charge in [0.2, 0.25) is 0 Å². The van der Waals surface area contributed by atoms with Gasteiger partial charge in [0.05, 0.1) is 24.2 Å². The van der Waals surface area contributed by atoms with E-state index in [4.69, 9.17) is 16.3 Å². The second kappa shape index (κ2) is 6.52. The van der Waals surface area contributed by atoms with Gasteiger partial charge in [-0.25, -0.2) is 4.39 Å². The highest BCUT2D eigenvalue weighted by molar-refractivity contribution is 6.30. The fraction of sp³-hybridized carbons (Fsp3) is 0.500. The average molecular weight is 302 g/mol. The van der Waals surface area contributed by atoms with Crippen LogP contribution in [0.5, 0.6) is 0 Å². The van der Waals surface area contributed by atoms with Gasteiger partial charge in [-0.05, 0) is 12.6 Å². The normalized spacial score (nSPS) is 22.4. The maximum Gasteiger partial charge on any atom is 0.310 e. The first kappa shape index (κ1) is 15.2. The molecule has 1 N–H and O–H groups in total. The minimum absolute atomic E-state index is 0.0796. The van der Waals surface area contributed by atoms with E-state index in [-0.39, 0.29) is 17.7 Å². The van der Waals surface area contributed by atoms with Crippen LogP contribution in [0.2, 0.25) is 5.02 Å². The van der Waals surface area contributed by atoms with Crippen LogP contribution >= 0.6 is 11.6 Å². The third kappa shape index (κ3) is 3.11. The van der Waals surface area contributed by atoms with Crippen LogP contribution < -0.4 is 0 Å². The summed E-state index contributed by atoms with van der Waals surface area (Å²) >= 11 is 5.77. The largest absolute Gasteiger partial charge is 0.481 e. The highest BCUT2D eigenvalue weighted by atomic mass is 35.5.